The van der Waals surface area contributed by atoms with Crippen molar-refractivity contribution in [3.8, 4) is 0 Å². The third-order valence-electron chi connectivity index (χ3n) is 9.74. The molecule has 0 N–H and O–H groups in total. The maximum Gasteiger partial charge on any atom is 0.179 e. The van der Waals surface area contributed by atoms with Crippen molar-refractivity contribution in [1.82, 2.24) is 0 Å². The van der Waals surface area contributed by atoms with Crippen molar-refractivity contribution in [3.63, 3.8) is 0 Å². The molecule has 0 aromatic heterocycles. The summed E-state index contributed by atoms with van der Waals surface area (Å²) in [7, 11) is -2.51. The summed E-state index contributed by atoms with van der Waals surface area (Å²) in [6.45, 7) is 15.1. The molecule has 0 spiro atoms. The smallest absolute Gasteiger partial charge is 0.179 e. The van der Waals surface area contributed by atoms with Crippen molar-refractivity contribution < 1.29 is 0 Å². The number of aryl methyl sites for hydroxylation is 1. The van der Waals surface area contributed by atoms with E-state index in [1.54, 1.807) is 0 Å². The highest BCUT2D eigenvalue weighted by atomic mass is 28.3. The molecular weight excluding hydrogens is 535 g/mol. The Morgan fingerprint density at radius 1 is 0.698 bits per heavy atom. The van der Waals surface area contributed by atoms with E-state index in [-0.39, 0.29) is 5.54 Å². The molecule has 1 aliphatic rings. The number of fused-ring (bicyclic) bond motifs is 1. The van der Waals surface area contributed by atoms with E-state index in [1.165, 1.54) is 48.7 Å². The molecule has 0 saturated heterocycles. The van der Waals surface area contributed by atoms with Gasteiger partial charge in [-0.05, 0) is 88.1 Å². The van der Waals surface area contributed by atoms with Crippen molar-refractivity contribution in [2.45, 2.75) is 71.9 Å². The molecule has 5 aromatic carbocycles. The van der Waals surface area contributed by atoms with Crippen molar-refractivity contribution in [2.24, 2.45) is 0 Å². The van der Waals surface area contributed by atoms with Crippen LogP contribution in [0.2, 0.25) is 0 Å². The van der Waals surface area contributed by atoms with Crippen LogP contribution in [0.15, 0.2) is 127 Å². The monoisotopic (exact) mass is 579 g/mol. The molecule has 1 nitrogen and oxygen atoms in total. The zero-order valence-corrected chi connectivity index (χ0v) is 27.6. The molecule has 43 heavy (non-hydrogen) atoms. The van der Waals surface area contributed by atoms with E-state index in [2.05, 4.69) is 174 Å². The summed E-state index contributed by atoms with van der Waals surface area (Å²) in [5.41, 5.74) is 7.25. The quantitative estimate of drug-likeness (QED) is 0.141. The number of hydrogen-bond acceptors (Lipinski definition) is 1. The lowest BCUT2D eigenvalue weighted by molar-refractivity contribution is 0.374. The van der Waals surface area contributed by atoms with Gasteiger partial charge >= 0.3 is 0 Å². The molecule has 1 atom stereocenters. The molecule has 5 aromatic rings. The summed E-state index contributed by atoms with van der Waals surface area (Å²) in [4.78, 5) is 2.67. The zero-order valence-electron chi connectivity index (χ0n) is 26.6. The van der Waals surface area contributed by atoms with Crippen LogP contribution in [0, 0.1) is 6.92 Å². The SMILES string of the molecule is Cc1cc2c(cc1C(C)C)C(C)CC(C)(C)N2Cc1ccc([Si](c2ccccc2)(c2ccccc2)c2ccccc2)cc1. The van der Waals surface area contributed by atoms with Crippen LogP contribution in [0.5, 0.6) is 0 Å². The van der Waals surface area contributed by atoms with Crippen LogP contribution in [0.3, 0.4) is 0 Å². The molecule has 0 bridgehead atoms. The summed E-state index contributed by atoms with van der Waals surface area (Å²) in [5.74, 6) is 1.09. The van der Waals surface area contributed by atoms with E-state index >= 15 is 0 Å². The minimum Gasteiger partial charge on any atom is -0.362 e. The fourth-order valence-corrected chi connectivity index (χ4v) is 12.4. The molecule has 2 heteroatoms. The van der Waals surface area contributed by atoms with E-state index in [4.69, 9.17) is 0 Å². The van der Waals surface area contributed by atoms with Crippen LogP contribution in [0.25, 0.3) is 0 Å². The van der Waals surface area contributed by atoms with Crippen LogP contribution < -0.4 is 25.6 Å². The maximum absolute atomic E-state index is 2.67. The van der Waals surface area contributed by atoms with Gasteiger partial charge in [-0.2, -0.15) is 0 Å². The molecule has 0 radical (unpaired) electrons. The summed E-state index contributed by atoms with van der Waals surface area (Å²) in [5, 5.41) is 5.66. The molecule has 0 fully saturated rings. The van der Waals surface area contributed by atoms with E-state index < -0.39 is 8.07 Å². The lowest BCUT2D eigenvalue weighted by Crippen LogP contribution is -2.74. The Morgan fingerprint density at radius 3 is 1.63 bits per heavy atom. The Kier molecular flexibility index (Phi) is 7.92. The minimum atomic E-state index is -2.51. The molecule has 0 saturated carbocycles. The molecule has 218 valence electrons. The van der Waals surface area contributed by atoms with Gasteiger partial charge in [0.2, 0.25) is 0 Å². The molecular formula is C41H45NSi. The van der Waals surface area contributed by atoms with Crippen LogP contribution in [-0.2, 0) is 6.54 Å². The summed E-state index contributed by atoms with van der Waals surface area (Å²) in [6.07, 6.45) is 1.16. The van der Waals surface area contributed by atoms with Gasteiger partial charge in [0, 0.05) is 17.8 Å². The van der Waals surface area contributed by atoms with E-state index in [0.717, 1.165) is 13.0 Å². The maximum atomic E-state index is 2.67. The second kappa shape index (κ2) is 11.7. The van der Waals surface area contributed by atoms with Gasteiger partial charge < -0.3 is 4.90 Å². The predicted octanol–water partition coefficient (Wildman–Crippen LogP) is 7.79. The van der Waals surface area contributed by atoms with Crippen LogP contribution >= 0.6 is 0 Å². The zero-order chi connectivity index (χ0) is 30.2. The normalized spacial score (nSPS) is 16.3. The first-order valence-electron chi connectivity index (χ1n) is 15.9. The number of nitrogens with zero attached hydrogens (tertiary/aromatic N) is 1. The summed E-state index contributed by atoms with van der Waals surface area (Å²) in [6, 6.07) is 48.2. The van der Waals surface area contributed by atoms with Crippen molar-refractivity contribution in [3.05, 3.63) is 150 Å². The highest BCUT2D eigenvalue weighted by Crippen LogP contribution is 2.45. The second-order valence-electron chi connectivity index (χ2n) is 13.5. The lowest BCUT2D eigenvalue weighted by Gasteiger charge is -2.48. The molecule has 0 amide bonds. The summed E-state index contributed by atoms with van der Waals surface area (Å²) >= 11 is 0. The number of hydrogen-bond donors (Lipinski definition) is 0. The standard InChI is InChI=1S/C41H45NSi/c1-30(2)38-27-39-32(4)28-41(5,6)42(40(39)26-31(38)3)29-33-22-24-37(25-23-33)43(34-16-10-7-11-17-34,35-18-12-8-13-19-35)36-20-14-9-15-21-36/h7-27,30,32H,28-29H2,1-6H3. The van der Waals surface area contributed by atoms with Crippen molar-refractivity contribution >= 4 is 34.5 Å². The molecule has 0 aliphatic carbocycles. The van der Waals surface area contributed by atoms with Crippen LogP contribution in [0.1, 0.15) is 75.1 Å². The number of benzene rings is 5. The fourth-order valence-electron chi connectivity index (χ4n) is 7.68. The van der Waals surface area contributed by atoms with E-state index in [0.29, 0.717) is 11.8 Å². The van der Waals surface area contributed by atoms with E-state index in [1.807, 2.05) is 0 Å². The average Bonchev–Trinajstić information content (AvgIpc) is 3.01. The summed E-state index contributed by atoms with van der Waals surface area (Å²) < 4.78 is 0. The number of rotatable bonds is 7. The van der Waals surface area contributed by atoms with Gasteiger partial charge in [-0.15, -0.1) is 0 Å². The molecule has 1 heterocycles. The minimum absolute atomic E-state index is 0.0769. The van der Waals surface area contributed by atoms with E-state index in [9.17, 15) is 0 Å². The van der Waals surface area contributed by atoms with Gasteiger partial charge in [-0.3, -0.25) is 0 Å². The molecule has 1 aliphatic heterocycles. The first kappa shape index (κ1) is 29.2. The van der Waals surface area contributed by atoms with Gasteiger partial charge in [0.05, 0.1) is 0 Å². The van der Waals surface area contributed by atoms with Crippen molar-refractivity contribution in [2.75, 3.05) is 4.90 Å². The largest absolute Gasteiger partial charge is 0.362 e. The van der Waals surface area contributed by atoms with Crippen molar-refractivity contribution in [1.29, 1.82) is 0 Å². The van der Waals surface area contributed by atoms with Gasteiger partial charge in [0.25, 0.3) is 0 Å². The Bertz CT molecular complexity index is 1570. The second-order valence-corrected chi connectivity index (χ2v) is 17.3. The number of anilines is 1. The first-order valence-corrected chi connectivity index (χ1v) is 17.9. The predicted molar refractivity (Wildman–Crippen MR) is 189 cm³/mol. The Balaban J connectivity index is 1.45. The van der Waals surface area contributed by atoms with Crippen LogP contribution in [0.4, 0.5) is 5.69 Å². The first-order chi connectivity index (χ1) is 20.7. The topological polar surface area (TPSA) is 3.24 Å². The Labute approximate surface area is 260 Å². The van der Waals surface area contributed by atoms with Gasteiger partial charge in [-0.25, -0.2) is 0 Å². The molecule has 1 unspecified atom stereocenters. The Morgan fingerprint density at radius 2 is 1.16 bits per heavy atom. The third kappa shape index (κ3) is 5.27. The Hall–Kier alpha value is -3.88. The fraction of sp³-hybridized carbons (Fsp3) is 0.268. The van der Waals surface area contributed by atoms with Gasteiger partial charge in [0.15, 0.2) is 8.07 Å². The van der Waals surface area contributed by atoms with Gasteiger partial charge in [-0.1, -0.05) is 142 Å². The highest BCUT2D eigenvalue weighted by Gasteiger charge is 2.41. The highest BCUT2D eigenvalue weighted by molar-refractivity contribution is 7.19. The third-order valence-corrected chi connectivity index (χ3v) is 14.5. The average molecular weight is 580 g/mol. The van der Waals surface area contributed by atoms with Gasteiger partial charge in [0.1, 0.15) is 0 Å². The lowest BCUT2D eigenvalue weighted by atomic mass is 9.78. The van der Waals surface area contributed by atoms with Crippen LogP contribution in [-0.4, -0.2) is 13.6 Å². The molecule has 6 rings (SSSR count).